The molecule has 0 atom stereocenters. The summed E-state index contributed by atoms with van der Waals surface area (Å²) in [5, 5.41) is 2.99. The van der Waals surface area contributed by atoms with E-state index in [-0.39, 0.29) is 5.91 Å². The molecular weight excluding hydrogens is 316 g/mol. The summed E-state index contributed by atoms with van der Waals surface area (Å²) in [6, 6.07) is 11.7. The molecule has 2 aromatic heterocycles. The van der Waals surface area contributed by atoms with Gasteiger partial charge in [0.15, 0.2) is 5.58 Å². The molecule has 0 saturated heterocycles. The van der Waals surface area contributed by atoms with E-state index in [1.165, 1.54) is 0 Å². The third-order valence-corrected chi connectivity index (χ3v) is 4.12. The maximum atomic E-state index is 12.6. The number of ether oxygens (including phenoxy) is 1. The molecule has 0 aliphatic rings. The summed E-state index contributed by atoms with van der Waals surface area (Å²) in [6.07, 6.45) is 0. The van der Waals surface area contributed by atoms with Gasteiger partial charge in [-0.25, -0.2) is 0 Å². The van der Waals surface area contributed by atoms with E-state index in [0.717, 1.165) is 28.2 Å². The van der Waals surface area contributed by atoms with Gasteiger partial charge >= 0.3 is 0 Å². The number of aryl methyl sites for hydroxylation is 1. The molecule has 0 aliphatic heterocycles. The van der Waals surface area contributed by atoms with Crippen molar-refractivity contribution < 1.29 is 13.9 Å². The van der Waals surface area contributed by atoms with E-state index in [9.17, 15) is 4.79 Å². The molecule has 5 nitrogen and oxygen atoms in total. The fourth-order valence-electron chi connectivity index (χ4n) is 2.82. The molecule has 1 amide bonds. The van der Waals surface area contributed by atoms with Gasteiger partial charge in [-0.3, -0.25) is 4.79 Å². The number of nitrogens with one attached hydrogen (secondary N) is 1. The molecule has 2 heterocycles. The van der Waals surface area contributed by atoms with Crippen LogP contribution in [0.4, 0.5) is 0 Å². The predicted molar refractivity (Wildman–Crippen MR) is 98.2 cm³/mol. The predicted octanol–water partition coefficient (Wildman–Crippen LogP) is 3.99. The molecular formula is C20H24N2O3. The minimum atomic E-state index is -0.0775. The summed E-state index contributed by atoms with van der Waals surface area (Å²) in [5.41, 5.74) is 3.38. The normalized spacial score (nSPS) is 11.2. The van der Waals surface area contributed by atoms with Crippen LogP contribution in [0.1, 0.15) is 35.7 Å². The van der Waals surface area contributed by atoms with E-state index in [0.29, 0.717) is 24.7 Å². The number of methoxy groups -OCH3 is 1. The lowest BCUT2D eigenvalue weighted by atomic mass is 10.2. The molecule has 0 saturated carbocycles. The molecule has 0 aliphatic carbocycles. The van der Waals surface area contributed by atoms with Crippen molar-refractivity contribution in [2.75, 3.05) is 13.7 Å². The second-order valence-electron chi connectivity index (χ2n) is 6.67. The lowest BCUT2D eigenvalue weighted by Crippen LogP contribution is -2.29. The van der Waals surface area contributed by atoms with Crippen LogP contribution in [0.2, 0.25) is 0 Å². The Bertz CT molecular complexity index is 872. The van der Waals surface area contributed by atoms with E-state index < -0.39 is 0 Å². The fourth-order valence-corrected chi connectivity index (χ4v) is 2.82. The van der Waals surface area contributed by atoms with E-state index in [1.807, 2.05) is 47.9 Å². The smallest absolute Gasteiger partial charge is 0.268 e. The standard InChI is InChI=1S/C20H24N2O3/c1-13(2)11-21-20(23)18-10-19-17(9-14(3)25-19)22(18)12-15-5-7-16(24-4)8-6-15/h5-10,13H,11-12H2,1-4H3,(H,21,23). The Kier molecular flexibility index (Phi) is 4.83. The highest BCUT2D eigenvalue weighted by Gasteiger charge is 2.18. The number of carbonyl (C=O) groups is 1. The van der Waals surface area contributed by atoms with Gasteiger partial charge in [0, 0.05) is 25.2 Å². The maximum Gasteiger partial charge on any atom is 0.268 e. The highest BCUT2D eigenvalue weighted by atomic mass is 16.5. The number of hydrogen-bond donors (Lipinski definition) is 1. The van der Waals surface area contributed by atoms with Crippen LogP contribution in [-0.2, 0) is 6.54 Å². The quantitative estimate of drug-likeness (QED) is 0.738. The maximum absolute atomic E-state index is 12.6. The number of amides is 1. The number of furan rings is 1. The van der Waals surface area contributed by atoms with E-state index in [4.69, 9.17) is 9.15 Å². The van der Waals surface area contributed by atoms with Crippen LogP contribution in [-0.4, -0.2) is 24.1 Å². The van der Waals surface area contributed by atoms with E-state index in [1.54, 1.807) is 7.11 Å². The molecule has 0 unspecified atom stereocenters. The first-order chi connectivity index (χ1) is 12.0. The second kappa shape index (κ2) is 7.05. The van der Waals surface area contributed by atoms with Gasteiger partial charge < -0.3 is 19.0 Å². The largest absolute Gasteiger partial charge is 0.497 e. The zero-order chi connectivity index (χ0) is 18.0. The van der Waals surface area contributed by atoms with Crippen molar-refractivity contribution in [3.8, 4) is 5.75 Å². The minimum absolute atomic E-state index is 0.0775. The first-order valence-electron chi connectivity index (χ1n) is 8.48. The summed E-state index contributed by atoms with van der Waals surface area (Å²) in [7, 11) is 1.65. The zero-order valence-corrected chi connectivity index (χ0v) is 15.1. The topological polar surface area (TPSA) is 56.4 Å². The molecule has 3 rings (SSSR count). The third-order valence-electron chi connectivity index (χ3n) is 4.12. The Hall–Kier alpha value is -2.69. The monoisotopic (exact) mass is 340 g/mol. The molecule has 0 radical (unpaired) electrons. The van der Waals surface area contributed by atoms with Crippen molar-refractivity contribution in [1.82, 2.24) is 9.88 Å². The Morgan fingerprint density at radius 2 is 1.96 bits per heavy atom. The van der Waals surface area contributed by atoms with Crippen molar-refractivity contribution in [3.63, 3.8) is 0 Å². The summed E-state index contributed by atoms with van der Waals surface area (Å²) in [5.74, 6) is 1.98. The SMILES string of the molecule is COc1ccc(Cn2c(C(=O)NCC(C)C)cc3oc(C)cc32)cc1. The lowest BCUT2D eigenvalue weighted by molar-refractivity contribution is 0.0940. The Balaban J connectivity index is 1.95. The number of nitrogens with zero attached hydrogens (tertiary/aromatic N) is 1. The number of carbonyl (C=O) groups excluding carboxylic acids is 1. The van der Waals surface area contributed by atoms with Crippen LogP contribution in [0.5, 0.6) is 5.75 Å². The van der Waals surface area contributed by atoms with Crippen LogP contribution in [0, 0.1) is 12.8 Å². The van der Waals surface area contributed by atoms with Crippen LogP contribution in [0.15, 0.2) is 40.8 Å². The molecule has 3 aromatic rings. The Morgan fingerprint density at radius 3 is 2.60 bits per heavy atom. The van der Waals surface area contributed by atoms with Gasteiger partial charge in [-0.2, -0.15) is 0 Å². The molecule has 0 bridgehead atoms. The van der Waals surface area contributed by atoms with Crippen molar-refractivity contribution in [3.05, 3.63) is 53.4 Å². The number of rotatable bonds is 6. The molecule has 1 aromatic carbocycles. The first-order valence-corrected chi connectivity index (χ1v) is 8.48. The van der Waals surface area contributed by atoms with Crippen LogP contribution in [0.3, 0.4) is 0 Å². The van der Waals surface area contributed by atoms with Crippen LogP contribution >= 0.6 is 0 Å². The highest BCUT2D eigenvalue weighted by molar-refractivity contribution is 5.97. The van der Waals surface area contributed by atoms with Gasteiger partial charge in [0.1, 0.15) is 17.2 Å². The molecule has 0 fully saturated rings. The fraction of sp³-hybridized carbons (Fsp3) is 0.350. The summed E-state index contributed by atoms with van der Waals surface area (Å²) in [4.78, 5) is 12.6. The average molecular weight is 340 g/mol. The highest BCUT2D eigenvalue weighted by Crippen LogP contribution is 2.25. The van der Waals surface area contributed by atoms with Gasteiger partial charge in [0.2, 0.25) is 0 Å². The Morgan fingerprint density at radius 1 is 1.24 bits per heavy atom. The number of benzene rings is 1. The average Bonchev–Trinajstić information content (AvgIpc) is 3.10. The molecule has 25 heavy (non-hydrogen) atoms. The van der Waals surface area contributed by atoms with Gasteiger partial charge in [-0.1, -0.05) is 26.0 Å². The summed E-state index contributed by atoms with van der Waals surface area (Å²) >= 11 is 0. The third kappa shape index (κ3) is 3.71. The van der Waals surface area contributed by atoms with Crippen molar-refractivity contribution >= 4 is 17.0 Å². The van der Waals surface area contributed by atoms with Gasteiger partial charge in [0.05, 0.1) is 12.6 Å². The summed E-state index contributed by atoms with van der Waals surface area (Å²) < 4.78 is 12.9. The molecule has 0 spiro atoms. The van der Waals surface area contributed by atoms with Gasteiger partial charge in [-0.05, 0) is 30.5 Å². The summed E-state index contributed by atoms with van der Waals surface area (Å²) in [6.45, 7) is 7.30. The number of hydrogen-bond acceptors (Lipinski definition) is 3. The molecule has 1 N–H and O–H groups in total. The van der Waals surface area contributed by atoms with Crippen LogP contribution in [0.25, 0.3) is 11.1 Å². The lowest BCUT2D eigenvalue weighted by Gasteiger charge is -2.12. The van der Waals surface area contributed by atoms with Crippen molar-refractivity contribution in [2.45, 2.75) is 27.3 Å². The molecule has 5 heteroatoms. The first kappa shape index (κ1) is 17.1. The van der Waals surface area contributed by atoms with Crippen LogP contribution < -0.4 is 10.1 Å². The van der Waals surface area contributed by atoms with E-state index >= 15 is 0 Å². The molecule has 132 valence electrons. The Labute approximate surface area is 147 Å². The number of aromatic nitrogens is 1. The second-order valence-corrected chi connectivity index (χ2v) is 6.67. The van der Waals surface area contributed by atoms with Crippen molar-refractivity contribution in [2.24, 2.45) is 5.92 Å². The number of fused-ring (bicyclic) bond motifs is 1. The van der Waals surface area contributed by atoms with Crippen molar-refractivity contribution in [1.29, 1.82) is 0 Å². The van der Waals surface area contributed by atoms with E-state index in [2.05, 4.69) is 19.2 Å². The van der Waals surface area contributed by atoms with Gasteiger partial charge in [0.25, 0.3) is 5.91 Å². The van der Waals surface area contributed by atoms with Gasteiger partial charge in [-0.15, -0.1) is 0 Å². The zero-order valence-electron chi connectivity index (χ0n) is 15.1. The minimum Gasteiger partial charge on any atom is -0.497 e.